The van der Waals surface area contributed by atoms with Crippen molar-refractivity contribution in [2.24, 2.45) is 0 Å². The van der Waals surface area contributed by atoms with Crippen molar-refractivity contribution in [3.8, 4) is 16.9 Å². The van der Waals surface area contributed by atoms with E-state index in [0.29, 0.717) is 28.5 Å². The zero-order chi connectivity index (χ0) is 19.4. The van der Waals surface area contributed by atoms with Crippen LogP contribution in [-0.2, 0) is 16.0 Å². The third kappa shape index (κ3) is 3.96. The van der Waals surface area contributed by atoms with Crippen LogP contribution in [0.15, 0.2) is 30.3 Å². The van der Waals surface area contributed by atoms with E-state index in [1.807, 2.05) is 0 Å². The number of carbonyl (C=O) groups excluding carboxylic acids is 1. The topological polar surface area (TPSA) is 109 Å². The van der Waals surface area contributed by atoms with Crippen LogP contribution in [-0.4, -0.2) is 43.5 Å². The van der Waals surface area contributed by atoms with Crippen LogP contribution in [0.1, 0.15) is 10.4 Å². The second-order valence-corrected chi connectivity index (χ2v) is 6.78. The molecule has 8 nitrogen and oxygen atoms in total. The number of benzene rings is 1. The Balaban J connectivity index is 1.83. The van der Waals surface area contributed by atoms with Gasteiger partial charge in [0.2, 0.25) is 5.06 Å². The number of anilines is 1. The first-order valence-electron chi connectivity index (χ1n) is 8.00. The van der Waals surface area contributed by atoms with Gasteiger partial charge in [-0.3, -0.25) is 4.90 Å². The number of hydrogen-bond donors (Lipinski definition) is 1. The zero-order valence-corrected chi connectivity index (χ0v) is 15.2. The van der Waals surface area contributed by atoms with Crippen LogP contribution in [0, 0.1) is 11.3 Å². The van der Waals surface area contributed by atoms with Gasteiger partial charge >= 0.3 is 12.1 Å². The SMILES string of the molecule is COc1cc(C[C@H]2COC(=O)N2c2ccccc2C#N)sc1OCC(=O)O. The quantitative estimate of drug-likeness (QED) is 0.776. The molecule has 1 aromatic heterocycles. The summed E-state index contributed by atoms with van der Waals surface area (Å²) in [6, 6.07) is 10.4. The lowest BCUT2D eigenvalue weighted by Gasteiger charge is -2.21. The van der Waals surface area contributed by atoms with Gasteiger partial charge in [0.1, 0.15) is 12.7 Å². The van der Waals surface area contributed by atoms with Crippen LogP contribution in [0.4, 0.5) is 10.5 Å². The molecule has 1 fully saturated rings. The van der Waals surface area contributed by atoms with Crippen molar-refractivity contribution < 1.29 is 28.9 Å². The molecule has 1 aliphatic rings. The molecule has 1 aromatic carbocycles. The van der Waals surface area contributed by atoms with Crippen molar-refractivity contribution in [1.82, 2.24) is 0 Å². The fourth-order valence-corrected chi connectivity index (χ4v) is 3.83. The standard InChI is InChI=1S/C18H16N2O6S/c1-24-15-7-13(27-17(15)25-10-16(21)22)6-12-9-26-18(23)20(12)14-5-3-2-4-11(14)8-19/h2-5,7,12H,6,9-10H2,1H3,(H,21,22)/t12-/m0/s1. The summed E-state index contributed by atoms with van der Waals surface area (Å²) >= 11 is 1.25. The molecule has 1 N–H and O–H groups in total. The monoisotopic (exact) mass is 388 g/mol. The molecule has 0 aliphatic carbocycles. The lowest BCUT2D eigenvalue weighted by molar-refractivity contribution is -0.139. The molecule has 1 saturated heterocycles. The molecule has 1 amide bonds. The Bertz CT molecular complexity index is 903. The van der Waals surface area contributed by atoms with E-state index < -0.39 is 18.7 Å². The number of amides is 1. The largest absolute Gasteiger partial charge is 0.492 e. The van der Waals surface area contributed by atoms with Gasteiger partial charge in [0, 0.05) is 11.3 Å². The number of carbonyl (C=O) groups is 2. The Morgan fingerprint density at radius 1 is 1.48 bits per heavy atom. The maximum atomic E-state index is 12.2. The van der Waals surface area contributed by atoms with Crippen LogP contribution in [0.3, 0.4) is 0 Å². The smallest absolute Gasteiger partial charge is 0.414 e. The molecular weight excluding hydrogens is 372 g/mol. The number of nitrogens with zero attached hydrogens (tertiary/aromatic N) is 2. The van der Waals surface area contributed by atoms with E-state index in [9.17, 15) is 14.9 Å². The summed E-state index contributed by atoms with van der Waals surface area (Å²) in [5.41, 5.74) is 0.883. The van der Waals surface area contributed by atoms with Crippen molar-refractivity contribution >= 4 is 29.1 Å². The predicted octanol–water partition coefficient (Wildman–Crippen LogP) is 2.66. The molecule has 27 heavy (non-hydrogen) atoms. The number of nitriles is 1. The number of cyclic esters (lactones) is 1. The average Bonchev–Trinajstić information content (AvgIpc) is 3.23. The van der Waals surface area contributed by atoms with Gasteiger partial charge < -0.3 is 19.3 Å². The molecule has 0 bridgehead atoms. The Morgan fingerprint density at radius 2 is 2.26 bits per heavy atom. The highest BCUT2D eigenvalue weighted by Gasteiger charge is 2.36. The van der Waals surface area contributed by atoms with Gasteiger partial charge in [0.25, 0.3) is 0 Å². The van der Waals surface area contributed by atoms with Crippen molar-refractivity contribution in [2.75, 3.05) is 25.2 Å². The summed E-state index contributed by atoms with van der Waals surface area (Å²) in [6.07, 6.45) is -0.0586. The molecular formula is C18H16N2O6S. The number of carboxylic acids is 1. The molecule has 0 unspecified atom stereocenters. The summed E-state index contributed by atoms with van der Waals surface area (Å²) < 4.78 is 15.7. The molecule has 1 aliphatic heterocycles. The highest BCUT2D eigenvalue weighted by Crippen LogP contribution is 2.39. The third-order valence-corrected chi connectivity index (χ3v) is 5.00. The summed E-state index contributed by atoms with van der Waals surface area (Å²) in [6.45, 7) is -0.285. The highest BCUT2D eigenvalue weighted by atomic mass is 32.1. The minimum absolute atomic E-state index is 0.185. The van der Waals surface area contributed by atoms with E-state index in [2.05, 4.69) is 6.07 Å². The number of aliphatic carboxylic acids is 1. The van der Waals surface area contributed by atoms with Crippen LogP contribution >= 0.6 is 11.3 Å². The normalized spacial score (nSPS) is 15.9. The number of carboxylic acid groups (broad SMARTS) is 1. The highest BCUT2D eigenvalue weighted by molar-refractivity contribution is 7.14. The van der Waals surface area contributed by atoms with Crippen LogP contribution in [0.25, 0.3) is 0 Å². The van der Waals surface area contributed by atoms with E-state index in [4.69, 9.17) is 19.3 Å². The van der Waals surface area contributed by atoms with Crippen molar-refractivity contribution in [2.45, 2.75) is 12.5 Å². The first kappa shape index (κ1) is 18.5. The minimum Gasteiger partial charge on any atom is -0.492 e. The molecule has 0 spiro atoms. The average molecular weight is 388 g/mol. The van der Waals surface area contributed by atoms with Crippen LogP contribution in [0.5, 0.6) is 10.8 Å². The van der Waals surface area contributed by atoms with Gasteiger partial charge in [-0.05, 0) is 18.2 Å². The Hall–Kier alpha value is -3.25. The number of methoxy groups -OCH3 is 1. The minimum atomic E-state index is -1.08. The number of hydrogen-bond acceptors (Lipinski definition) is 7. The van der Waals surface area contributed by atoms with Crippen LogP contribution in [0.2, 0.25) is 0 Å². The summed E-state index contributed by atoms with van der Waals surface area (Å²) in [5, 5.41) is 18.4. The third-order valence-electron chi connectivity index (χ3n) is 3.95. The van der Waals surface area contributed by atoms with Gasteiger partial charge in [-0.1, -0.05) is 12.1 Å². The fraction of sp³-hybridized carbons (Fsp3) is 0.278. The molecule has 2 heterocycles. The fourth-order valence-electron chi connectivity index (χ4n) is 2.79. The van der Waals surface area contributed by atoms with Crippen molar-refractivity contribution in [1.29, 1.82) is 5.26 Å². The van der Waals surface area contributed by atoms with E-state index in [1.165, 1.54) is 23.3 Å². The summed E-state index contributed by atoms with van der Waals surface area (Å²) in [5.74, 6) is -0.647. The zero-order valence-electron chi connectivity index (χ0n) is 14.4. The maximum Gasteiger partial charge on any atom is 0.414 e. The van der Waals surface area contributed by atoms with Gasteiger partial charge in [-0.25, -0.2) is 9.59 Å². The molecule has 0 saturated carbocycles. The number of para-hydroxylation sites is 1. The lowest BCUT2D eigenvalue weighted by Crippen LogP contribution is -2.35. The molecule has 2 aromatic rings. The van der Waals surface area contributed by atoms with E-state index in [1.54, 1.807) is 30.3 Å². The first-order chi connectivity index (χ1) is 13.0. The van der Waals surface area contributed by atoms with Crippen LogP contribution < -0.4 is 14.4 Å². The van der Waals surface area contributed by atoms with Gasteiger partial charge in [0.15, 0.2) is 12.4 Å². The van der Waals surface area contributed by atoms with E-state index >= 15 is 0 Å². The number of rotatable bonds is 7. The van der Waals surface area contributed by atoms with Gasteiger partial charge in [-0.15, -0.1) is 11.3 Å². The van der Waals surface area contributed by atoms with Crippen molar-refractivity contribution in [3.63, 3.8) is 0 Å². The summed E-state index contributed by atoms with van der Waals surface area (Å²) in [4.78, 5) is 25.3. The van der Waals surface area contributed by atoms with E-state index in [-0.39, 0.29) is 12.6 Å². The van der Waals surface area contributed by atoms with Crippen molar-refractivity contribution in [3.05, 3.63) is 40.8 Å². The predicted molar refractivity (Wildman–Crippen MR) is 96.5 cm³/mol. The Morgan fingerprint density at radius 3 is 2.96 bits per heavy atom. The van der Waals surface area contributed by atoms with E-state index in [0.717, 1.165) is 4.88 Å². The summed E-state index contributed by atoms with van der Waals surface area (Å²) in [7, 11) is 1.47. The maximum absolute atomic E-state index is 12.2. The second kappa shape index (κ2) is 7.97. The molecule has 3 rings (SSSR count). The molecule has 9 heteroatoms. The number of ether oxygens (including phenoxy) is 3. The molecule has 140 valence electrons. The van der Waals surface area contributed by atoms with Gasteiger partial charge in [-0.2, -0.15) is 5.26 Å². The van der Waals surface area contributed by atoms with Gasteiger partial charge in [0.05, 0.1) is 24.4 Å². The molecule has 1 atom stereocenters. The first-order valence-corrected chi connectivity index (χ1v) is 8.81. The lowest BCUT2D eigenvalue weighted by atomic mass is 10.1. The number of thiophene rings is 1. The second-order valence-electron chi connectivity index (χ2n) is 5.68. The Kier molecular flexibility index (Phi) is 5.47. The Labute approximate surface area is 159 Å². The molecule has 0 radical (unpaired) electrons.